The van der Waals surface area contributed by atoms with Gasteiger partial charge in [-0.1, -0.05) is 0 Å². The second-order valence-corrected chi connectivity index (χ2v) is 5.42. The topological polar surface area (TPSA) is 64.2 Å². The Bertz CT molecular complexity index is 548. The van der Waals surface area contributed by atoms with Crippen molar-refractivity contribution in [2.24, 2.45) is 11.7 Å². The average Bonchev–Trinajstić information content (AvgIpc) is 3.05. The Morgan fingerprint density at radius 2 is 2.05 bits per heavy atom. The van der Waals surface area contributed by atoms with Gasteiger partial charge in [-0.05, 0) is 18.8 Å². The van der Waals surface area contributed by atoms with Gasteiger partial charge in [-0.25, -0.2) is 4.98 Å². The predicted molar refractivity (Wildman–Crippen MR) is 63.7 cm³/mol. The molecule has 0 unspecified atom stereocenters. The fourth-order valence-electron chi connectivity index (χ4n) is 2.65. The fraction of sp³-hybridized carbons (Fsp3) is 0.667. The van der Waals surface area contributed by atoms with Gasteiger partial charge in [0.25, 0.3) is 5.91 Å². The molecule has 0 radical (unpaired) electrons. The lowest BCUT2D eigenvalue weighted by molar-refractivity contribution is -0.147. The number of halogens is 3. The minimum Gasteiger partial charge on any atom is -0.364 e. The van der Waals surface area contributed by atoms with E-state index in [9.17, 15) is 18.0 Å². The largest absolute Gasteiger partial charge is 0.449 e. The van der Waals surface area contributed by atoms with Gasteiger partial charge < -0.3 is 10.3 Å². The van der Waals surface area contributed by atoms with Crippen molar-refractivity contribution in [1.29, 1.82) is 0 Å². The van der Waals surface area contributed by atoms with Gasteiger partial charge in [0.15, 0.2) is 5.69 Å². The van der Waals surface area contributed by atoms with Crippen LogP contribution in [0, 0.1) is 5.92 Å². The maximum Gasteiger partial charge on any atom is 0.449 e. The highest BCUT2D eigenvalue weighted by atomic mass is 19.4. The van der Waals surface area contributed by atoms with Gasteiger partial charge in [0.05, 0.1) is 5.69 Å². The zero-order chi connectivity index (χ0) is 14.5. The first kappa shape index (κ1) is 13.4. The molecule has 1 aromatic rings. The summed E-state index contributed by atoms with van der Waals surface area (Å²) in [6.45, 7) is 1.90. The van der Waals surface area contributed by atoms with Crippen molar-refractivity contribution >= 4 is 5.91 Å². The van der Waals surface area contributed by atoms with Gasteiger partial charge in [-0.3, -0.25) is 9.69 Å². The Hall–Kier alpha value is -1.57. The predicted octanol–water partition coefficient (Wildman–Crippen LogP) is 1.23. The molecule has 8 heteroatoms. The van der Waals surface area contributed by atoms with Crippen LogP contribution in [0.25, 0.3) is 0 Å². The van der Waals surface area contributed by atoms with Crippen molar-refractivity contribution in [3.05, 3.63) is 17.2 Å². The van der Waals surface area contributed by atoms with Gasteiger partial charge in [-0.15, -0.1) is 0 Å². The summed E-state index contributed by atoms with van der Waals surface area (Å²) >= 11 is 0. The van der Waals surface area contributed by atoms with E-state index in [-0.39, 0.29) is 17.9 Å². The van der Waals surface area contributed by atoms with E-state index < -0.39 is 17.9 Å². The number of nitrogens with two attached hydrogens (primary N) is 1. The van der Waals surface area contributed by atoms with E-state index in [1.54, 1.807) is 0 Å². The molecule has 0 spiro atoms. The van der Waals surface area contributed by atoms with Crippen LogP contribution in [0.1, 0.15) is 34.8 Å². The summed E-state index contributed by atoms with van der Waals surface area (Å²) in [6.07, 6.45) is -2.22. The van der Waals surface area contributed by atoms with Gasteiger partial charge in [-0.2, -0.15) is 13.2 Å². The molecule has 0 bridgehead atoms. The molecule has 1 aliphatic carbocycles. The zero-order valence-corrected chi connectivity index (χ0v) is 10.8. The third-order valence-corrected chi connectivity index (χ3v) is 3.79. The monoisotopic (exact) mass is 288 g/mol. The van der Waals surface area contributed by atoms with Crippen molar-refractivity contribution in [3.63, 3.8) is 0 Å². The van der Waals surface area contributed by atoms with Crippen LogP contribution in [0.4, 0.5) is 13.2 Å². The molecular formula is C12H15F3N4O. The van der Waals surface area contributed by atoms with Crippen molar-refractivity contribution in [1.82, 2.24) is 14.5 Å². The Kier molecular flexibility index (Phi) is 3.00. The van der Waals surface area contributed by atoms with Crippen LogP contribution in [0.3, 0.4) is 0 Å². The Balaban J connectivity index is 1.94. The number of alkyl halides is 3. The molecule has 3 rings (SSSR count). The number of imidazole rings is 1. The van der Waals surface area contributed by atoms with Crippen molar-refractivity contribution in [2.45, 2.75) is 32.1 Å². The molecule has 1 saturated carbocycles. The minimum atomic E-state index is -4.57. The highest BCUT2D eigenvalue weighted by Crippen LogP contribution is 2.34. The summed E-state index contributed by atoms with van der Waals surface area (Å²) in [5.74, 6) is -1.28. The number of aromatic nitrogens is 2. The van der Waals surface area contributed by atoms with Gasteiger partial charge in [0, 0.05) is 26.2 Å². The van der Waals surface area contributed by atoms with Crippen LogP contribution in [0.2, 0.25) is 0 Å². The van der Waals surface area contributed by atoms with Gasteiger partial charge in [0.2, 0.25) is 5.82 Å². The summed E-state index contributed by atoms with van der Waals surface area (Å²) in [5.41, 5.74) is 5.19. The quantitative estimate of drug-likeness (QED) is 0.909. The normalized spacial score (nSPS) is 19.9. The number of primary amides is 1. The standard InChI is InChI=1S/C12H15F3N4O/c13-12(14,15)11-17-9(10(16)20)8-6-18(3-4-19(8)11)5-7-1-2-7/h7H,1-6H2,(H2,16,20). The first-order valence-corrected chi connectivity index (χ1v) is 6.55. The fourth-order valence-corrected chi connectivity index (χ4v) is 2.65. The number of nitrogens with zero attached hydrogens (tertiary/aromatic N) is 3. The molecule has 20 heavy (non-hydrogen) atoms. The molecule has 2 heterocycles. The molecule has 2 aliphatic rings. The number of carbonyl (C=O) groups is 1. The van der Waals surface area contributed by atoms with Crippen molar-refractivity contribution < 1.29 is 18.0 Å². The lowest BCUT2D eigenvalue weighted by Gasteiger charge is -2.29. The molecule has 5 nitrogen and oxygen atoms in total. The first-order valence-electron chi connectivity index (χ1n) is 6.55. The van der Waals surface area contributed by atoms with E-state index in [1.165, 1.54) is 12.8 Å². The van der Waals surface area contributed by atoms with Crippen LogP contribution in [0.15, 0.2) is 0 Å². The molecule has 0 saturated heterocycles. The van der Waals surface area contributed by atoms with Crippen molar-refractivity contribution in [3.8, 4) is 0 Å². The van der Waals surface area contributed by atoms with E-state index >= 15 is 0 Å². The molecule has 110 valence electrons. The first-order chi connectivity index (χ1) is 9.36. The Labute approximate surface area is 113 Å². The second-order valence-electron chi connectivity index (χ2n) is 5.42. The van der Waals surface area contributed by atoms with Crippen molar-refractivity contribution in [2.75, 3.05) is 13.1 Å². The molecule has 1 aliphatic heterocycles. The average molecular weight is 288 g/mol. The lowest BCUT2D eigenvalue weighted by atomic mass is 10.2. The number of fused-ring (bicyclic) bond motifs is 1. The summed E-state index contributed by atoms with van der Waals surface area (Å²) < 4.78 is 39.8. The number of hydrogen-bond acceptors (Lipinski definition) is 3. The molecule has 1 fully saturated rings. The summed E-state index contributed by atoms with van der Waals surface area (Å²) in [4.78, 5) is 16.8. The number of hydrogen-bond donors (Lipinski definition) is 1. The van der Waals surface area contributed by atoms with Crippen LogP contribution in [-0.4, -0.2) is 33.4 Å². The van der Waals surface area contributed by atoms with Crippen LogP contribution in [0.5, 0.6) is 0 Å². The third kappa shape index (κ3) is 2.39. The van der Waals surface area contributed by atoms with E-state index in [0.717, 1.165) is 11.1 Å². The summed E-state index contributed by atoms with van der Waals surface area (Å²) in [5, 5.41) is 0. The van der Waals surface area contributed by atoms with E-state index in [1.807, 2.05) is 0 Å². The molecular weight excluding hydrogens is 273 g/mol. The summed E-state index contributed by atoms with van der Waals surface area (Å²) in [7, 11) is 0. The van der Waals surface area contributed by atoms with Crippen LogP contribution >= 0.6 is 0 Å². The zero-order valence-electron chi connectivity index (χ0n) is 10.8. The molecule has 0 atom stereocenters. The Morgan fingerprint density at radius 3 is 2.60 bits per heavy atom. The molecule has 2 N–H and O–H groups in total. The second kappa shape index (κ2) is 4.47. The van der Waals surface area contributed by atoms with Crippen LogP contribution in [-0.2, 0) is 19.3 Å². The number of rotatable bonds is 3. The van der Waals surface area contributed by atoms with Crippen LogP contribution < -0.4 is 5.73 Å². The number of carbonyl (C=O) groups excluding carboxylic acids is 1. The molecule has 0 aromatic carbocycles. The molecule has 1 amide bonds. The van der Waals surface area contributed by atoms with Gasteiger partial charge in [0.1, 0.15) is 0 Å². The SMILES string of the molecule is NC(=O)c1nc(C(F)(F)F)n2c1CN(CC1CC1)CC2. The maximum atomic E-state index is 12.9. The van der Waals surface area contributed by atoms with E-state index in [0.29, 0.717) is 19.0 Å². The highest BCUT2D eigenvalue weighted by Gasteiger charge is 2.41. The maximum absolute atomic E-state index is 12.9. The third-order valence-electron chi connectivity index (χ3n) is 3.79. The van der Waals surface area contributed by atoms with E-state index in [2.05, 4.69) is 9.88 Å². The minimum absolute atomic E-state index is 0.192. The lowest BCUT2D eigenvalue weighted by Crippen LogP contribution is -2.37. The summed E-state index contributed by atoms with van der Waals surface area (Å²) in [6, 6.07) is 0. The Morgan fingerprint density at radius 1 is 1.35 bits per heavy atom. The molecule has 1 aromatic heterocycles. The van der Waals surface area contributed by atoms with Gasteiger partial charge >= 0.3 is 6.18 Å². The highest BCUT2D eigenvalue weighted by molar-refractivity contribution is 5.92. The smallest absolute Gasteiger partial charge is 0.364 e. The number of amides is 1. The van der Waals surface area contributed by atoms with E-state index in [4.69, 9.17) is 5.73 Å².